The first-order chi connectivity index (χ1) is 8.49. The quantitative estimate of drug-likeness (QED) is 0.597. The number of methoxy groups -OCH3 is 2. The van der Waals surface area contributed by atoms with Crippen molar-refractivity contribution in [3.05, 3.63) is 29.3 Å². The number of likely N-dealkylation sites (N-methyl/N-ethyl adjacent to an activating group) is 1. The molecule has 0 N–H and O–H groups in total. The van der Waals surface area contributed by atoms with Crippen LogP contribution in [0.1, 0.15) is 11.1 Å². The lowest BCUT2D eigenvalue weighted by Crippen LogP contribution is -2.33. The van der Waals surface area contributed by atoms with Crippen molar-refractivity contribution in [1.82, 2.24) is 4.90 Å². The third kappa shape index (κ3) is 3.23. The Morgan fingerprint density at radius 2 is 1.94 bits per heavy atom. The second-order valence-corrected chi connectivity index (χ2v) is 3.96. The van der Waals surface area contributed by atoms with E-state index < -0.39 is 11.9 Å². The summed E-state index contributed by atoms with van der Waals surface area (Å²) in [6, 6.07) is 5.61. The van der Waals surface area contributed by atoms with Gasteiger partial charge in [-0.1, -0.05) is 12.1 Å². The number of benzene rings is 1. The van der Waals surface area contributed by atoms with Crippen molar-refractivity contribution in [2.24, 2.45) is 0 Å². The largest absolute Gasteiger partial charge is 0.496 e. The van der Waals surface area contributed by atoms with E-state index in [1.807, 2.05) is 25.1 Å². The molecule has 5 nitrogen and oxygen atoms in total. The number of rotatable bonds is 3. The standard InChI is InChI=1S/C13H17NO4/c1-9-7-10(5-6-11(9)17-3)8-14(2)12(15)13(16)18-4/h5-7H,8H2,1-4H3. The zero-order chi connectivity index (χ0) is 13.7. The Balaban J connectivity index is 2.76. The highest BCUT2D eigenvalue weighted by Crippen LogP contribution is 2.19. The molecule has 0 radical (unpaired) electrons. The first-order valence-corrected chi connectivity index (χ1v) is 5.46. The van der Waals surface area contributed by atoms with Gasteiger partial charge >= 0.3 is 11.9 Å². The summed E-state index contributed by atoms with van der Waals surface area (Å²) in [6.07, 6.45) is 0. The van der Waals surface area contributed by atoms with Crippen LogP contribution in [0.25, 0.3) is 0 Å². The molecule has 0 saturated heterocycles. The fourth-order valence-electron chi connectivity index (χ4n) is 1.63. The summed E-state index contributed by atoms with van der Waals surface area (Å²) in [7, 11) is 4.35. The first-order valence-electron chi connectivity index (χ1n) is 5.46. The van der Waals surface area contributed by atoms with Crippen LogP contribution >= 0.6 is 0 Å². The van der Waals surface area contributed by atoms with Gasteiger partial charge in [0.1, 0.15) is 5.75 Å². The van der Waals surface area contributed by atoms with E-state index in [-0.39, 0.29) is 0 Å². The zero-order valence-corrected chi connectivity index (χ0v) is 11.0. The molecule has 0 fully saturated rings. The predicted molar refractivity (Wildman–Crippen MR) is 66.2 cm³/mol. The molecule has 0 bridgehead atoms. The molecule has 5 heteroatoms. The third-order valence-corrected chi connectivity index (χ3v) is 2.59. The van der Waals surface area contributed by atoms with Crippen LogP contribution in [0.5, 0.6) is 5.75 Å². The molecule has 1 rings (SSSR count). The van der Waals surface area contributed by atoms with E-state index in [0.717, 1.165) is 16.9 Å². The number of esters is 1. The smallest absolute Gasteiger partial charge is 0.396 e. The minimum atomic E-state index is -0.859. The molecule has 0 aliphatic carbocycles. The topological polar surface area (TPSA) is 55.8 Å². The highest BCUT2D eigenvalue weighted by Gasteiger charge is 2.19. The fraction of sp³-hybridized carbons (Fsp3) is 0.385. The van der Waals surface area contributed by atoms with Gasteiger partial charge in [0.05, 0.1) is 14.2 Å². The Labute approximate surface area is 106 Å². The molecule has 98 valence electrons. The number of hydrogen-bond donors (Lipinski definition) is 0. The van der Waals surface area contributed by atoms with Crippen molar-refractivity contribution in [3.8, 4) is 5.75 Å². The Morgan fingerprint density at radius 1 is 1.28 bits per heavy atom. The maximum absolute atomic E-state index is 11.5. The molecule has 0 unspecified atom stereocenters. The molecular weight excluding hydrogens is 234 g/mol. The van der Waals surface area contributed by atoms with Gasteiger partial charge in [0.15, 0.2) is 0 Å². The van der Waals surface area contributed by atoms with Gasteiger partial charge in [-0.05, 0) is 24.1 Å². The summed E-state index contributed by atoms with van der Waals surface area (Å²) < 4.78 is 9.53. The van der Waals surface area contributed by atoms with Crippen LogP contribution in [0.2, 0.25) is 0 Å². The molecule has 0 saturated carbocycles. The Hall–Kier alpha value is -2.04. The molecule has 18 heavy (non-hydrogen) atoms. The summed E-state index contributed by atoms with van der Waals surface area (Å²) in [5, 5.41) is 0. The number of nitrogens with zero attached hydrogens (tertiary/aromatic N) is 1. The maximum Gasteiger partial charge on any atom is 0.396 e. The van der Waals surface area contributed by atoms with Gasteiger partial charge in [-0.15, -0.1) is 0 Å². The van der Waals surface area contributed by atoms with E-state index in [4.69, 9.17) is 4.74 Å². The number of carbonyl (C=O) groups excluding carboxylic acids is 2. The number of ether oxygens (including phenoxy) is 2. The Kier molecular flexibility index (Phi) is 4.71. The summed E-state index contributed by atoms with van der Waals surface area (Å²) in [4.78, 5) is 23.9. The van der Waals surface area contributed by atoms with Crippen molar-refractivity contribution < 1.29 is 19.1 Å². The highest BCUT2D eigenvalue weighted by atomic mass is 16.5. The second kappa shape index (κ2) is 6.05. The van der Waals surface area contributed by atoms with E-state index in [9.17, 15) is 9.59 Å². The number of aryl methyl sites for hydroxylation is 1. The van der Waals surface area contributed by atoms with Gasteiger partial charge in [-0.25, -0.2) is 4.79 Å². The van der Waals surface area contributed by atoms with Crippen LogP contribution in [0.15, 0.2) is 18.2 Å². The maximum atomic E-state index is 11.5. The molecule has 1 amide bonds. The monoisotopic (exact) mass is 251 g/mol. The fourth-order valence-corrected chi connectivity index (χ4v) is 1.63. The molecule has 0 aliphatic rings. The van der Waals surface area contributed by atoms with Crippen molar-refractivity contribution in [3.63, 3.8) is 0 Å². The van der Waals surface area contributed by atoms with Crippen LogP contribution in [0.4, 0.5) is 0 Å². The first kappa shape index (κ1) is 14.0. The van der Waals surface area contributed by atoms with Crippen LogP contribution in [-0.4, -0.2) is 38.0 Å². The third-order valence-electron chi connectivity index (χ3n) is 2.59. The van der Waals surface area contributed by atoms with Crippen LogP contribution in [-0.2, 0) is 20.9 Å². The van der Waals surface area contributed by atoms with E-state index in [1.54, 1.807) is 14.2 Å². The van der Waals surface area contributed by atoms with Crippen molar-refractivity contribution in [1.29, 1.82) is 0 Å². The van der Waals surface area contributed by atoms with Crippen LogP contribution in [0.3, 0.4) is 0 Å². The molecule has 0 atom stereocenters. The number of amides is 1. The lowest BCUT2D eigenvalue weighted by Gasteiger charge is -2.16. The molecule has 0 spiro atoms. The lowest BCUT2D eigenvalue weighted by molar-refractivity contribution is -0.157. The number of carbonyl (C=O) groups is 2. The summed E-state index contributed by atoms with van der Waals surface area (Å²) >= 11 is 0. The van der Waals surface area contributed by atoms with Crippen molar-refractivity contribution in [2.75, 3.05) is 21.3 Å². The van der Waals surface area contributed by atoms with E-state index >= 15 is 0 Å². The van der Waals surface area contributed by atoms with Crippen LogP contribution in [0, 0.1) is 6.92 Å². The van der Waals surface area contributed by atoms with Gasteiger partial charge in [-0.2, -0.15) is 0 Å². The van der Waals surface area contributed by atoms with E-state index in [1.165, 1.54) is 12.0 Å². The second-order valence-electron chi connectivity index (χ2n) is 3.96. The summed E-state index contributed by atoms with van der Waals surface area (Å²) in [5.41, 5.74) is 1.90. The molecular formula is C13H17NO4. The van der Waals surface area contributed by atoms with Crippen molar-refractivity contribution >= 4 is 11.9 Å². The average Bonchev–Trinajstić information content (AvgIpc) is 2.37. The molecule has 1 aromatic rings. The summed E-state index contributed by atoms with van der Waals surface area (Å²) in [6.45, 7) is 2.27. The minimum absolute atomic E-state index is 0.346. The predicted octanol–water partition coefficient (Wildman–Crippen LogP) is 1.14. The lowest BCUT2D eigenvalue weighted by atomic mass is 10.1. The van der Waals surface area contributed by atoms with Gasteiger partial charge < -0.3 is 14.4 Å². The highest BCUT2D eigenvalue weighted by molar-refractivity contribution is 6.32. The average molecular weight is 251 g/mol. The van der Waals surface area contributed by atoms with Gasteiger partial charge in [0.25, 0.3) is 0 Å². The Bertz CT molecular complexity index is 456. The summed E-state index contributed by atoms with van der Waals surface area (Å²) in [5.74, 6) is -0.727. The van der Waals surface area contributed by atoms with Crippen LogP contribution < -0.4 is 4.74 Å². The molecule has 0 aromatic heterocycles. The van der Waals surface area contributed by atoms with Gasteiger partial charge in [0.2, 0.25) is 0 Å². The Morgan fingerprint density at radius 3 is 2.44 bits per heavy atom. The normalized spacial score (nSPS) is 9.78. The minimum Gasteiger partial charge on any atom is -0.496 e. The molecule has 0 heterocycles. The zero-order valence-electron chi connectivity index (χ0n) is 11.0. The molecule has 1 aromatic carbocycles. The van der Waals surface area contributed by atoms with E-state index in [0.29, 0.717) is 6.54 Å². The van der Waals surface area contributed by atoms with E-state index in [2.05, 4.69) is 4.74 Å². The SMILES string of the molecule is COC(=O)C(=O)N(C)Cc1ccc(OC)c(C)c1. The molecule has 0 aliphatic heterocycles. The van der Waals surface area contributed by atoms with Gasteiger partial charge in [-0.3, -0.25) is 4.79 Å². The number of hydrogen-bond acceptors (Lipinski definition) is 4. The van der Waals surface area contributed by atoms with Gasteiger partial charge in [0, 0.05) is 13.6 Å². The van der Waals surface area contributed by atoms with Crippen molar-refractivity contribution in [2.45, 2.75) is 13.5 Å².